The molecule has 19 nitrogen and oxygen atoms in total. The highest BCUT2D eigenvalue weighted by Crippen LogP contribution is 2.52. The van der Waals surface area contributed by atoms with Crippen molar-refractivity contribution < 1.29 is 50.6 Å². The summed E-state index contributed by atoms with van der Waals surface area (Å²) in [6, 6.07) is 17.2. The van der Waals surface area contributed by atoms with E-state index in [4.69, 9.17) is 39.2 Å². The van der Waals surface area contributed by atoms with Crippen molar-refractivity contribution in [3.63, 3.8) is 0 Å². The first-order valence-corrected chi connectivity index (χ1v) is 32.6. The number of fused-ring (bicyclic) bond motifs is 6. The summed E-state index contributed by atoms with van der Waals surface area (Å²) in [5, 5.41) is -0.745. The van der Waals surface area contributed by atoms with Gasteiger partial charge in [0.15, 0.2) is 87.8 Å². The maximum atomic E-state index is 17.5. The van der Waals surface area contributed by atoms with E-state index in [1.807, 2.05) is 67.7 Å². The molecule has 25 heteroatoms. The number of imidazole rings is 2. The smallest absolute Gasteiger partial charge is 0.325 e. The van der Waals surface area contributed by atoms with Gasteiger partial charge in [-0.15, -0.1) is 0 Å². The number of carbonyl (C=O) groups excluding carboxylic acids is 2. The molecule has 4 aromatic heterocycles. The van der Waals surface area contributed by atoms with Crippen molar-refractivity contribution in [2.45, 2.75) is 127 Å². The van der Waals surface area contributed by atoms with Gasteiger partial charge in [0, 0.05) is 24.2 Å². The number of hydrogen-bond acceptors (Lipinski definition) is 15. The molecule has 394 valence electrons. The van der Waals surface area contributed by atoms with E-state index in [2.05, 4.69) is 29.9 Å². The second kappa shape index (κ2) is 20.4. The van der Waals surface area contributed by atoms with Gasteiger partial charge in [-0.1, -0.05) is 90.1 Å². The lowest BCUT2D eigenvalue weighted by Crippen LogP contribution is -2.49. The summed E-state index contributed by atoms with van der Waals surface area (Å²) in [7, 11) is -5.52. The van der Waals surface area contributed by atoms with E-state index in [-0.39, 0.29) is 57.1 Å². The third kappa shape index (κ3) is 10.4. The highest BCUT2D eigenvalue weighted by atomic mass is 32.5. The first-order valence-electron chi connectivity index (χ1n) is 24.2. The second-order valence-electron chi connectivity index (χ2n) is 21.5. The topological polar surface area (TPSA) is 203 Å². The van der Waals surface area contributed by atoms with Gasteiger partial charge >= 0.3 is 6.72 Å². The minimum absolute atomic E-state index is 0.0766. The van der Waals surface area contributed by atoms with Crippen LogP contribution >= 0.6 is 6.72 Å². The Morgan fingerprint density at radius 1 is 0.689 bits per heavy atom. The molecule has 2 aromatic carbocycles. The molecule has 0 spiro atoms. The molecule has 6 aromatic rings. The molecule has 12 bridgehead atoms. The van der Waals surface area contributed by atoms with Crippen LogP contribution in [0.1, 0.15) is 74.7 Å². The van der Waals surface area contributed by atoms with Gasteiger partial charge in [0.1, 0.15) is 24.9 Å². The summed E-state index contributed by atoms with van der Waals surface area (Å²) in [6.07, 6.45) is -3.83. The van der Waals surface area contributed by atoms with Gasteiger partial charge in [0.2, 0.25) is 0 Å². The van der Waals surface area contributed by atoms with Gasteiger partial charge in [-0.25, -0.2) is 38.7 Å². The summed E-state index contributed by atoms with van der Waals surface area (Å²) >= 11 is 5.62. The number of benzene rings is 2. The van der Waals surface area contributed by atoms with E-state index in [0.29, 0.717) is 11.1 Å². The van der Waals surface area contributed by atoms with Gasteiger partial charge in [-0.2, -0.15) is 0 Å². The highest BCUT2D eigenvalue weighted by Gasteiger charge is 2.55. The second-order valence-corrected chi connectivity index (χ2v) is 33.8. The lowest BCUT2D eigenvalue weighted by molar-refractivity contribution is -0.129. The Morgan fingerprint density at radius 3 is 1.62 bits per heavy atom. The van der Waals surface area contributed by atoms with Crippen LogP contribution in [0, 0.1) is 0 Å². The van der Waals surface area contributed by atoms with Crippen molar-refractivity contribution in [3.05, 3.63) is 109 Å². The fraction of sp³-hybridized carbons (Fsp3) is 0.469. The lowest BCUT2D eigenvalue weighted by Gasteiger charge is -2.40. The Bertz CT molecular complexity index is 3110. The maximum Gasteiger partial charge on any atom is 0.325 e. The van der Waals surface area contributed by atoms with Crippen molar-refractivity contribution in [2.24, 2.45) is 0 Å². The van der Waals surface area contributed by atoms with Crippen LogP contribution < -0.4 is 9.80 Å². The number of anilines is 2. The number of alkyl halides is 2. The zero-order valence-corrected chi connectivity index (χ0v) is 46.5. The normalized spacial score (nSPS) is 27.0. The number of hydrogen-bond donors (Lipinski definition) is 1. The molecule has 2 amide bonds. The molecule has 2 fully saturated rings. The van der Waals surface area contributed by atoms with Crippen LogP contribution in [0.3, 0.4) is 0 Å². The number of amides is 2. The Labute approximate surface area is 434 Å². The van der Waals surface area contributed by atoms with E-state index in [0.717, 1.165) is 0 Å². The van der Waals surface area contributed by atoms with Crippen LogP contribution in [-0.2, 0) is 39.2 Å². The Morgan fingerprint density at radius 2 is 1.15 bits per heavy atom. The minimum Gasteiger partial charge on any atom is -0.408 e. The summed E-state index contributed by atoms with van der Waals surface area (Å²) < 4.78 is 76.1. The molecule has 0 aliphatic carbocycles. The van der Waals surface area contributed by atoms with E-state index in [1.165, 1.54) is 44.2 Å². The Hall–Kier alpha value is -5.12. The first kappa shape index (κ1) is 53.7. The standard InChI is InChI=1S/C49H61F2N10O9PSSi2/c1-48(2,3)73(7,8)69-37-32-25-65-71(64,72)68-38-34(51)46(67-47(38)70-74(9,10)49(4,5)6)61-29-57-36-40(53-27-55-42(36)61)59(44(63)31-21-15-12-16-22-31)24-18-17-23-58(43(62)30-19-13-11-14-20-30)39-35-41(54-26-52-39)60(28-56-35)45(66-32)33(37)50/h11-22,26-29,32-34,37-38,45-47H,23-25H2,1-10H3,(H,64,72)/b18-17+/t32-,33-,34-,37-,38+,45?,46-,47-,71?/m1/s1. The molecule has 2 saturated heterocycles. The van der Waals surface area contributed by atoms with Gasteiger partial charge in [0.25, 0.3) is 11.8 Å². The number of rotatable bonds is 6. The largest absolute Gasteiger partial charge is 0.408 e. The molecule has 3 aliphatic heterocycles. The van der Waals surface area contributed by atoms with Crippen molar-refractivity contribution in [2.75, 3.05) is 29.5 Å². The summed E-state index contributed by atoms with van der Waals surface area (Å²) in [5.74, 6) is -0.679. The van der Waals surface area contributed by atoms with E-state index >= 15 is 8.78 Å². The SMILES string of the molecule is CC(C)(C)[Si](C)(C)O[C@H]1O[C@@H]2[C@H](F)[C@@H]1OP(O)(=S)OC[C@H]1OC([C@H](F)[C@@H]1O[Si](C)(C)C(C)(C)C)n1cnc3c(ncnc31)N(C(=O)c1ccccc1)C/C=C/CN(C(=O)c1ccccc1)c1ncnc3c1ncn32. The summed E-state index contributed by atoms with van der Waals surface area (Å²) in [5.41, 5.74) is 1.21. The van der Waals surface area contributed by atoms with Gasteiger partial charge in [-0.3, -0.25) is 33.0 Å². The lowest BCUT2D eigenvalue weighted by atomic mass is 10.1. The van der Waals surface area contributed by atoms with Crippen LogP contribution in [0.15, 0.2) is 98.1 Å². The monoisotopic (exact) mass is 1090 g/mol. The predicted molar refractivity (Wildman–Crippen MR) is 281 cm³/mol. The molecule has 3 aliphatic rings. The quantitative estimate of drug-likeness (QED) is 0.0939. The van der Waals surface area contributed by atoms with Crippen molar-refractivity contribution in [3.8, 4) is 0 Å². The Balaban J connectivity index is 1.18. The fourth-order valence-electron chi connectivity index (χ4n) is 8.36. The van der Waals surface area contributed by atoms with E-state index < -0.39 is 91.2 Å². The number of carbonyl (C=O) groups is 2. The van der Waals surface area contributed by atoms with Crippen LogP contribution in [0.5, 0.6) is 0 Å². The maximum absolute atomic E-state index is 17.5. The van der Waals surface area contributed by atoms with Gasteiger partial charge in [-0.05, 0) is 72.3 Å². The molecule has 1 N–H and O–H groups in total. The highest BCUT2D eigenvalue weighted by molar-refractivity contribution is 8.07. The van der Waals surface area contributed by atoms with E-state index in [1.54, 1.807) is 72.8 Å². The zero-order chi connectivity index (χ0) is 53.1. The molecule has 0 saturated carbocycles. The molecular formula is C49H61F2N10O9PSSi2. The minimum atomic E-state index is -4.47. The average Bonchev–Trinajstić information content (AvgIpc) is 4.12. The third-order valence-electron chi connectivity index (χ3n) is 14.5. The van der Waals surface area contributed by atoms with Crippen molar-refractivity contribution >= 4 is 80.9 Å². The Kier molecular flexibility index (Phi) is 14.8. The third-order valence-corrected chi connectivity index (χ3v) is 25.0. The molecule has 9 rings (SSSR count). The molecule has 7 heterocycles. The zero-order valence-electron chi connectivity index (χ0n) is 42.8. The van der Waals surface area contributed by atoms with Crippen molar-refractivity contribution in [1.82, 2.24) is 39.0 Å². The average molecular weight is 1090 g/mol. The number of aromatic nitrogens is 8. The van der Waals surface area contributed by atoms with Crippen LogP contribution in [0.2, 0.25) is 36.3 Å². The van der Waals surface area contributed by atoms with E-state index in [9.17, 15) is 14.5 Å². The van der Waals surface area contributed by atoms with Gasteiger partial charge < -0.3 is 27.7 Å². The number of halogens is 2. The van der Waals surface area contributed by atoms with Gasteiger partial charge in [0.05, 0.1) is 19.3 Å². The first-order chi connectivity index (χ1) is 34.9. The summed E-state index contributed by atoms with van der Waals surface area (Å²) in [4.78, 5) is 71.1. The fourth-order valence-corrected chi connectivity index (χ4v) is 12.2. The molecule has 9 atom stereocenters. The molecule has 74 heavy (non-hydrogen) atoms. The number of ether oxygens (including phenoxy) is 2. The van der Waals surface area contributed by atoms with Crippen LogP contribution in [0.4, 0.5) is 20.4 Å². The molecular weight excluding hydrogens is 1030 g/mol. The van der Waals surface area contributed by atoms with Crippen LogP contribution in [0.25, 0.3) is 22.3 Å². The number of nitrogens with zero attached hydrogens (tertiary/aromatic N) is 10. The van der Waals surface area contributed by atoms with Crippen molar-refractivity contribution in [1.29, 1.82) is 0 Å². The molecule has 0 radical (unpaired) electrons. The van der Waals surface area contributed by atoms with Crippen LogP contribution in [-0.4, -0.2) is 129 Å². The molecule has 2 unspecified atom stereocenters. The summed E-state index contributed by atoms with van der Waals surface area (Å²) in [6.45, 7) is 14.8. The predicted octanol–water partition coefficient (Wildman–Crippen LogP) is 8.99.